The van der Waals surface area contributed by atoms with Gasteiger partial charge >= 0.3 is 0 Å². The zero-order chi connectivity index (χ0) is 14.8. The van der Waals surface area contributed by atoms with Gasteiger partial charge in [0.1, 0.15) is 0 Å². The van der Waals surface area contributed by atoms with Crippen molar-refractivity contribution < 1.29 is 8.42 Å². The van der Waals surface area contributed by atoms with Crippen LogP contribution in [-0.4, -0.2) is 15.0 Å². The Bertz CT molecular complexity index is 547. The summed E-state index contributed by atoms with van der Waals surface area (Å²) in [6.45, 7) is 9.31. The molecular formula is C13H23N3O2S. The number of primary sulfonamides is 1. The molecule has 0 aromatic heterocycles. The molecule has 0 heterocycles. The van der Waals surface area contributed by atoms with Gasteiger partial charge in [-0.2, -0.15) is 0 Å². The maximum Gasteiger partial charge on any atom is 0.238 e. The van der Waals surface area contributed by atoms with Crippen LogP contribution in [0.3, 0.4) is 0 Å². The summed E-state index contributed by atoms with van der Waals surface area (Å²) in [6.07, 6.45) is 0. The smallest absolute Gasteiger partial charge is 0.238 e. The van der Waals surface area contributed by atoms with Crippen molar-refractivity contribution in [3.8, 4) is 0 Å². The fourth-order valence-electron chi connectivity index (χ4n) is 1.43. The van der Waals surface area contributed by atoms with Gasteiger partial charge in [-0.3, -0.25) is 0 Å². The minimum Gasteiger partial charge on any atom is -0.397 e. The quantitative estimate of drug-likeness (QED) is 0.737. The molecule has 0 fully saturated rings. The first-order chi connectivity index (χ1) is 8.51. The first-order valence-electron chi connectivity index (χ1n) is 6.18. The van der Waals surface area contributed by atoms with E-state index in [4.69, 9.17) is 10.9 Å². The molecule has 0 saturated carbocycles. The van der Waals surface area contributed by atoms with E-state index in [1.54, 1.807) is 6.07 Å². The summed E-state index contributed by atoms with van der Waals surface area (Å²) in [7, 11) is -3.70. The molecule has 108 valence electrons. The third-order valence-electron chi connectivity index (χ3n) is 3.43. The van der Waals surface area contributed by atoms with Crippen molar-refractivity contribution in [1.82, 2.24) is 0 Å². The van der Waals surface area contributed by atoms with Crippen molar-refractivity contribution in [3.63, 3.8) is 0 Å². The van der Waals surface area contributed by atoms with E-state index < -0.39 is 10.0 Å². The predicted octanol–water partition coefficient (Wildman–Crippen LogP) is 2.01. The second-order valence-corrected chi connectivity index (χ2v) is 7.50. The minimum atomic E-state index is -3.70. The Hall–Kier alpha value is -1.27. The van der Waals surface area contributed by atoms with Crippen molar-refractivity contribution in [3.05, 3.63) is 18.2 Å². The maximum absolute atomic E-state index is 11.3. The lowest BCUT2D eigenvalue weighted by atomic mass is 9.82. The second kappa shape index (κ2) is 5.38. The Kier molecular flexibility index (Phi) is 4.47. The zero-order valence-electron chi connectivity index (χ0n) is 11.9. The Morgan fingerprint density at radius 2 is 1.89 bits per heavy atom. The molecule has 0 amide bonds. The van der Waals surface area contributed by atoms with E-state index in [0.717, 1.165) is 0 Å². The number of nitrogens with one attached hydrogen (secondary N) is 1. The summed E-state index contributed by atoms with van der Waals surface area (Å²) in [6, 6.07) is 4.42. The van der Waals surface area contributed by atoms with Crippen molar-refractivity contribution in [2.45, 2.75) is 32.6 Å². The maximum atomic E-state index is 11.3. The van der Waals surface area contributed by atoms with E-state index in [1.807, 2.05) is 0 Å². The Labute approximate surface area is 115 Å². The number of rotatable bonds is 4. The molecule has 1 aromatic rings. The van der Waals surface area contributed by atoms with E-state index >= 15 is 0 Å². The molecule has 0 aliphatic carbocycles. The summed E-state index contributed by atoms with van der Waals surface area (Å²) in [5.41, 5.74) is 7.10. The van der Waals surface area contributed by atoms with Crippen LogP contribution >= 0.6 is 0 Å². The SMILES string of the molecule is CC(CNc1cc(S(N)(=O)=O)ccc1N)C(C)(C)C. The van der Waals surface area contributed by atoms with Crippen LogP contribution in [0.15, 0.2) is 23.1 Å². The molecule has 19 heavy (non-hydrogen) atoms. The number of nitrogens with two attached hydrogens (primary N) is 2. The fourth-order valence-corrected chi connectivity index (χ4v) is 1.97. The Balaban J connectivity index is 2.90. The van der Waals surface area contributed by atoms with Crippen LogP contribution in [0.1, 0.15) is 27.7 Å². The highest BCUT2D eigenvalue weighted by Gasteiger charge is 2.20. The summed E-state index contributed by atoms with van der Waals surface area (Å²) >= 11 is 0. The lowest BCUT2D eigenvalue weighted by Gasteiger charge is -2.28. The van der Waals surface area contributed by atoms with E-state index in [2.05, 4.69) is 33.0 Å². The molecule has 6 heteroatoms. The number of hydrogen-bond donors (Lipinski definition) is 3. The standard InChI is InChI=1S/C13H23N3O2S/c1-9(13(2,3)4)8-16-12-7-10(19(15,17)18)5-6-11(12)14/h5-7,9,16H,8,14H2,1-4H3,(H2,15,17,18). The van der Waals surface area contributed by atoms with Gasteiger partial charge in [0.2, 0.25) is 10.0 Å². The van der Waals surface area contributed by atoms with Gasteiger partial charge in [-0.25, -0.2) is 13.6 Å². The molecule has 0 bridgehead atoms. The molecule has 1 rings (SSSR count). The van der Waals surface area contributed by atoms with Crippen LogP contribution in [0.2, 0.25) is 0 Å². The lowest BCUT2D eigenvalue weighted by molar-refractivity contribution is 0.274. The second-order valence-electron chi connectivity index (χ2n) is 5.94. The van der Waals surface area contributed by atoms with Gasteiger partial charge in [-0.1, -0.05) is 27.7 Å². The zero-order valence-corrected chi connectivity index (χ0v) is 12.7. The topological polar surface area (TPSA) is 98.2 Å². The number of nitrogen functional groups attached to an aromatic ring is 1. The third kappa shape index (κ3) is 4.40. The van der Waals surface area contributed by atoms with Crippen molar-refractivity contribution >= 4 is 21.4 Å². The lowest BCUT2D eigenvalue weighted by Crippen LogP contribution is -2.25. The summed E-state index contributed by atoms with van der Waals surface area (Å²) in [4.78, 5) is 0.0626. The first-order valence-corrected chi connectivity index (χ1v) is 7.72. The normalized spacial score (nSPS) is 14.2. The first kappa shape index (κ1) is 15.8. The molecule has 1 unspecified atom stereocenters. The van der Waals surface area contributed by atoms with Gasteiger partial charge in [-0.15, -0.1) is 0 Å². The van der Waals surface area contributed by atoms with E-state index in [9.17, 15) is 8.42 Å². The van der Waals surface area contributed by atoms with Crippen LogP contribution in [0.25, 0.3) is 0 Å². The Morgan fingerprint density at radius 3 is 2.37 bits per heavy atom. The van der Waals surface area contributed by atoms with Crippen molar-refractivity contribution in [2.75, 3.05) is 17.6 Å². The molecule has 0 radical (unpaired) electrons. The van der Waals surface area contributed by atoms with E-state index in [0.29, 0.717) is 23.8 Å². The Morgan fingerprint density at radius 1 is 1.32 bits per heavy atom. The van der Waals surface area contributed by atoms with Crippen LogP contribution in [0.5, 0.6) is 0 Å². The molecule has 5 nitrogen and oxygen atoms in total. The number of hydrogen-bond acceptors (Lipinski definition) is 4. The predicted molar refractivity (Wildman–Crippen MR) is 79.3 cm³/mol. The van der Waals surface area contributed by atoms with Gasteiger partial charge in [0.15, 0.2) is 0 Å². The summed E-state index contributed by atoms with van der Waals surface area (Å²) in [5.74, 6) is 0.407. The van der Waals surface area contributed by atoms with Gasteiger partial charge < -0.3 is 11.1 Å². The molecule has 0 spiro atoms. The van der Waals surface area contributed by atoms with Gasteiger partial charge in [0.25, 0.3) is 0 Å². The molecule has 0 saturated heterocycles. The third-order valence-corrected chi connectivity index (χ3v) is 4.34. The van der Waals surface area contributed by atoms with E-state index in [1.165, 1.54) is 12.1 Å². The van der Waals surface area contributed by atoms with Gasteiger partial charge in [-0.05, 0) is 29.5 Å². The highest BCUT2D eigenvalue weighted by Crippen LogP contribution is 2.27. The summed E-state index contributed by atoms with van der Waals surface area (Å²) in [5, 5.41) is 8.29. The molecule has 0 aliphatic rings. The van der Waals surface area contributed by atoms with Crippen LogP contribution in [0, 0.1) is 11.3 Å². The molecule has 1 atom stereocenters. The average molecular weight is 285 g/mol. The number of anilines is 2. The van der Waals surface area contributed by atoms with Crippen molar-refractivity contribution in [1.29, 1.82) is 0 Å². The fraction of sp³-hybridized carbons (Fsp3) is 0.538. The minimum absolute atomic E-state index is 0.0626. The monoisotopic (exact) mass is 285 g/mol. The highest BCUT2D eigenvalue weighted by molar-refractivity contribution is 7.89. The highest BCUT2D eigenvalue weighted by atomic mass is 32.2. The van der Waals surface area contributed by atoms with Crippen LogP contribution < -0.4 is 16.2 Å². The average Bonchev–Trinajstić information content (AvgIpc) is 2.24. The van der Waals surface area contributed by atoms with Crippen LogP contribution in [-0.2, 0) is 10.0 Å². The number of sulfonamides is 1. The van der Waals surface area contributed by atoms with Crippen molar-refractivity contribution in [2.24, 2.45) is 16.5 Å². The largest absolute Gasteiger partial charge is 0.397 e. The van der Waals surface area contributed by atoms with Crippen LogP contribution in [0.4, 0.5) is 11.4 Å². The van der Waals surface area contributed by atoms with E-state index in [-0.39, 0.29) is 10.3 Å². The molecule has 1 aromatic carbocycles. The number of benzene rings is 1. The van der Waals surface area contributed by atoms with Gasteiger partial charge in [0.05, 0.1) is 16.3 Å². The molecular weight excluding hydrogens is 262 g/mol. The molecule has 5 N–H and O–H groups in total. The summed E-state index contributed by atoms with van der Waals surface area (Å²) < 4.78 is 22.6. The van der Waals surface area contributed by atoms with Gasteiger partial charge in [0, 0.05) is 6.54 Å². The molecule has 0 aliphatic heterocycles.